The third-order valence-electron chi connectivity index (χ3n) is 2.55. The monoisotopic (exact) mass is 321 g/mol. The van der Waals surface area contributed by atoms with Crippen LogP contribution in [0.5, 0.6) is 0 Å². The van der Waals surface area contributed by atoms with Crippen molar-refractivity contribution in [1.29, 1.82) is 0 Å². The van der Waals surface area contributed by atoms with Gasteiger partial charge in [0.05, 0.1) is 11.4 Å². The topological polar surface area (TPSA) is 110 Å². The number of anilines is 1. The number of aromatic carboxylic acids is 1. The molecular formula is C11H7N5O3S2. The Morgan fingerprint density at radius 2 is 1.95 bits per heavy atom. The molecule has 0 saturated carbocycles. The average molecular weight is 321 g/mol. The van der Waals surface area contributed by atoms with Gasteiger partial charge in [-0.2, -0.15) is 4.68 Å². The lowest BCUT2D eigenvalue weighted by atomic mass is 10.3. The maximum absolute atomic E-state index is 12.3. The number of carboxylic acid groups (broad SMARTS) is 1. The molecule has 0 radical (unpaired) electrons. The Morgan fingerprint density at radius 1 is 1.19 bits per heavy atom. The quantitative estimate of drug-likeness (QED) is 0.757. The summed E-state index contributed by atoms with van der Waals surface area (Å²) in [5, 5.41) is 25.7. The van der Waals surface area contributed by atoms with Gasteiger partial charge in [-0.3, -0.25) is 4.79 Å². The van der Waals surface area contributed by atoms with Crippen LogP contribution in [0, 0.1) is 0 Å². The van der Waals surface area contributed by atoms with E-state index in [-0.39, 0.29) is 10.6 Å². The molecule has 0 aromatic carbocycles. The second-order valence-corrected chi connectivity index (χ2v) is 5.64. The van der Waals surface area contributed by atoms with E-state index in [1.807, 2.05) is 0 Å². The smallest absolute Gasteiger partial charge is 0.348 e. The first kappa shape index (κ1) is 13.4. The second kappa shape index (κ2) is 5.42. The van der Waals surface area contributed by atoms with Gasteiger partial charge in [0.2, 0.25) is 0 Å². The maximum atomic E-state index is 12.3. The molecule has 3 rings (SSSR count). The molecule has 0 bridgehead atoms. The van der Waals surface area contributed by atoms with Gasteiger partial charge in [-0.05, 0) is 33.3 Å². The van der Waals surface area contributed by atoms with Gasteiger partial charge in [0.15, 0.2) is 0 Å². The SMILES string of the molecule is O=C(O)c1sccc1NC(=O)c1sccc1-n1cnnn1. The molecular weight excluding hydrogens is 314 g/mol. The van der Waals surface area contributed by atoms with Crippen molar-refractivity contribution in [2.45, 2.75) is 0 Å². The van der Waals surface area contributed by atoms with Gasteiger partial charge in [0.25, 0.3) is 5.91 Å². The van der Waals surface area contributed by atoms with Crippen molar-refractivity contribution in [3.8, 4) is 5.69 Å². The van der Waals surface area contributed by atoms with Crippen LogP contribution in [0.4, 0.5) is 5.69 Å². The van der Waals surface area contributed by atoms with Gasteiger partial charge in [0, 0.05) is 0 Å². The summed E-state index contributed by atoms with van der Waals surface area (Å²) in [7, 11) is 0. The molecule has 0 spiro atoms. The van der Waals surface area contributed by atoms with Crippen LogP contribution >= 0.6 is 22.7 Å². The van der Waals surface area contributed by atoms with Crippen LogP contribution in [0.2, 0.25) is 0 Å². The summed E-state index contributed by atoms with van der Waals surface area (Å²) in [6.45, 7) is 0. The number of carboxylic acids is 1. The Balaban J connectivity index is 1.89. The molecule has 3 heterocycles. The van der Waals surface area contributed by atoms with Crippen LogP contribution in [-0.2, 0) is 0 Å². The number of aromatic nitrogens is 4. The minimum Gasteiger partial charge on any atom is -0.477 e. The third-order valence-corrected chi connectivity index (χ3v) is 4.36. The summed E-state index contributed by atoms with van der Waals surface area (Å²) in [4.78, 5) is 23.8. The number of hydrogen-bond donors (Lipinski definition) is 2. The summed E-state index contributed by atoms with van der Waals surface area (Å²) in [5.41, 5.74) is 0.808. The van der Waals surface area contributed by atoms with Gasteiger partial charge in [-0.1, -0.05) is 0 Å². The van der Waals surface area contributed by atoms with Crippen LogP contribution in [-0.4, -0.2) is 37.2 Å². The minimum absolute atomic E-state index is 0.0869. The highest BCUT2D eigenvalue weighted by Crippen LogP contribution is 2.25. The first-order valence-electron chi connectivity index (χ1n) is 5.60. The van der Waals surface area contributed by atoms with Crippen LogP contribution in [0.3, 0.4) is 0 Å². The summed E-state index contributed by atoms with van der Waals surface area (Å²) in [5.74, 6) is -1.48. The highest BCUT2D eigenvalue weighted by atomic mass is 32.1. The zero-order valence-corrected chi connectivity index (χ0v) is 11.9. The summed E-state index contributed by atoms with van der Waals surface area (Å²) in [6.07, 6.45) is 1.38. The largest absolute Gasteiger partial charge is 0.477 e. The number of amides is 1. The van der Waals surface area contributed by atoms with Crippen molar-refractivity contribution in [2.24, 2.45) is 0 Å². The van der Waals surface area contributed by atoms with Crippen LogP contribution in [0.1, 0.15) is 19.3 Å². The Kier molecular flexibility index (Phi) is 3.46. The van der Waals surface area contributed by atoms with E-state index in [4.69, 9.17) is 5.11 Å². The van der Waals surface area contributed by atoms with E-state index in [0.717, 1.165) is 11.3 Å². The molecule has 106 valence electrons. The Bertz CT molecular complexity index is 793. The third kappa shape index (κ3) is 2.53. The molecule has 0 atom stereocenters. The van der Waals surface area contributed by atoms with Crippen LogP contribution in [0.15, 0.2) is 29.2 Å². The van der Waals surface area contributed by atoms with Crippen molar-refractivity contribution in [3.63, 3.8) is 0 Å². The van der Waals surface area contributed by atoms with E-state index in [1.165, 1.54) is 22.3 Å². The zero-order valence-electron chi connectivity index (χ0n) is 10.3. The standard InChI is InChI=1S/C11H7N5O3S2/c17-10(13-6-1-3-20-8(6)11(18)19)9-7(2-4-21-9)16-5-12-14-15-16/h1-5H,(H,13,17)(H,18,19). The van der Waals surface area contributed by atoms with E-state index in [0.29, 0.717) is 10.6 Å². The zero-order chi connectivity index (χ0) is 14.8. The molecule has 0 fully saturated rings. The number of thiophene rings is 2. The average Bonchev–Trinajstić information content (AvgIpc) is 3.19. The molecule has 2 N–H and O–H groups in total. The van der Waals surface area contributed by atoms with Crippen LogP contribution in [0.25, 0.3) is 5.69 Å². The summed E-state index contributed by atoms with van der Waals surface area (Å²) >= 11 is 2.27. The fourth-order valence-corrected chi connectivity index (χ4v) is 3.14. The molecule has 21 heavy (non-hydrogen) atoms. The van der Waals surface area contributed by atoms with Gasteiger partial charge in [-0.25, -0.2) is 4.79 Å². The molecule has 0 aliphatic carbocycles. The number of carbonyl (C=O) groups excluding carboxylic acids is 1. The number of tetrazole rings is 1. The molecule has 10 heteroatoms. The van der Waals surface area contributed by atoms with Crippen molar-refractivity contribution < 1.29 is 14.7 Å². The number of nitrogens with zero attached hydrogens (tertiary/aromatic N) is 4. The molecule has 8 nitrogen and oxygen atoms in total. The molecule has 0 aliphatic rings. The fraction of sp³-hybridized carbons (Fsp3) is 0. The van der Waals surface area contributed by atoms with Gasteiger partial charge >= 0.3 is 5.97 Å². The number of hydrogen-bond acceptors (Lipinski definition) is 7. The lowest BCUT2D eigenvalue weighted by molar-refractivity contribution is 0.0703. The molecule has 0 unspecified atom stereocenters. The van der Waals surface area contributed by atoms with E-state index in [9.17, 15) is 9.59 Å². The first-order valence-corrected chi connectivity index (χ1v) is 7.35. The van der Waals surface area contributed by atoms with E-state index < -0.39 is 11.9 Å². The molecule has 0 saturated heterocycles. The van der Waals surface area contributed by atoms with E-state index in [2.05, 4.69) is 20.8 Å². The number of carbonyl (C=O) groups is 2. The summed E-state index contributed by atoms with van der Waals surface area (Å²) in [6, 6.07) is 3.26. The molecule has 3 aromatic rings. The van der Waals surface area contributed by atoms with Gasteiger partial charge in [-0.15, -0.1) is 27.8 Å². The van der Waals surface area contributed by atoms with Crippen molar-refractivity contribution in [1.82, 2.24) is 20.2 Å². The summed E-state index contributed by atoms with van der Waals surface area (Å²) < 4.78 is 1.37. The highest BCUT2D eigenvalue weighted by Gasteiger charge is 2.19. The van der Waals surface area contributed by atoms with E-state index in [1.54, 1.807) is 22.9 Å². The normalized spacial score (nSPS) is 10.5. The lowest BCUT2D eigenvalue weighted by Crippen LogP contribution is -2.14. The van der Waals surface area contributed by atoms with Crippen molar-refractivity contribution in [2.75, 3.05) is 5.32 Å². The molecule has 1 amide bonds. The van der Waals surface area contributed by atoms with Crippen molar-refractivity contribution in [3.05, 3.63) is 39.0 Å². The minimum atomic E-state index is -1.08. The Hall–Kier alpha value is -2.59. The van der Waals surface area contributed by atoms with Gasteiger partial charge < -0.3 is 10.4 Å². The predicted molar refractivity (Wildman–Crippen MR) is 76.3 cm³/mol. The Labute approximate surface area is 125 Å². The van der Waals surface area contributed by atoms with Crippen LogP contribution < -0.4 is 5.32 Å². The van der Waals surface area contributed by atoms with Gasteiger partial charge in [0.1, 0.15) is 16.1 Å². The highest BCUT2D eigenvalue weighted by molar-refractivity contribution is 7.13. The van der Waals surface area contributed by atoms with Crippen molar-refractivity contribution >= 4 is 40.2 Å². The molecule has 0 aliphatic heterocycles. The number of nitrogens with one attached hydrogen (secondary N) is 1. The molecule has 3 aromatic heterocycles. The lowest BCUT2D eigenvalue weighted by Gasteiger charge is -2.05. The predicted octanol–water partition coefficient (Wildman–Crippen LogP) is 1.74. The fourth-order valence-electron chi connectivity index (χ4n) is 1.68. The maximum Gasteiger partial charge on any atom is 0.348 e. The number of rotatable bonds is 4. The first-order chi connectivity index (χ1) is 10.2. The Morgan fingerprint density at radius 3 is 2.67 bits per heavy atom. The van der Waals surface area contributed by atoms with E-state index >= 15 is 0 Å². The second-order valence-electron chi connectivity index (χ2n) is 3.81.